The summed E-state index contributed by atoms with van der Waals surface area (Å²) >= 11 is 0. The molecule has 0 atom stereocenters. The molecule has 0 aliphatic carbocycles. The monoisotopic (exact) mass is 284 g/mol. The number of rotatable bonds is 5. The Morgan fingerprint density at radius 3 is 2.43 bits per heavy atom. The normalized spacial score (nSPS) is 10.2. The summed E-state index contributed by atoms with van der Waals surface area (Å²) in [5.41, 5.74) is 9.42. The van der Waals surface area contributed by atoms with E-state index in [1.807, 2.05) is 31.2 Å². The summed E-state index contributed by atoms with van der Waals surface area (Å²) in [7, 11) is 1.56. The van der Waals surface area contributed by atoms with Crippen LogP contribution < -0.4 is 15.2 Å². The first-order valence-electron chi connectivity index (χ1n) is 6.72. The zero-order chi connectivity index (χ0) is 15.4. The average Bonchev–Trinajstić information content (AvgIpc) is 2.46. The number of amidine groups is 1. The molecule has 110 valence electrons. The summed E-state index contributed by atoms with van der Waals surface area (Å²) < 4.78 is 11.0. The van der Waals surface area contributed by atoms with Crippen LogP contribution in [0.5, 0.6) is 11.5 Å². The van der Waals surface area contributed by atoms with Crippen LogP contribution in [0, 0.1) is 19.3 Å². The van der Waals surface area contributed by atoms with Crippen LogP contribution in [0.2, 0.25) is 0 Å². The summed E-state index contributed by atoms with van der Waals surface area (Å²) in [5.74, 6) is 1.44. The number of aryl methyl sites for hydroxylation is 2. The molecular weight excluding hydrogens is 264 g/mol. The minimum atomic E-state index is -0.0137. The van der Waals surface area contributed by atoms with Crippen molar-refractivity contribution in [3.63, 3.8) is 0 Å². The number of hydrogen-bond donors (Lipinski definition) is 2. The molecule has 0 spiro atoms. The fraction of sp³-hybridized carbons (Fsp3) is 0.235. The van der Waals surface area contributed by atoms with Gasteiger partial charge in [-0.2, -0.15) is 0 Å². The highest BCUT2D eigenvalue weighted by atomic mass is 16.5. The van der Waals surface area contributed by atoms with E-state index in [1.165, 1.54) is 5.56 Å². The first kappa shape index (κ1) is 14.9. The van der Waals surface area contributed by atoms with Crippen LogP contribution in [-0.2, 0) is 6.61 Å². The first-order chi connectivity index (χ1) is 10.0. The highest BCUT2D eigenvalue weighted by molar-refractivity contribution is 5.97. The van der Waals surface area contributed by atoms with E-state index in [-0.39, 0.29) is 5.84 Å². The molecule has 0 saturated heterocycles. The van der Waals surface area contributed by atoms with Gasteiger partial charge in [-0.25, -0.2) is 0 Å². The fourth-order valence-corrected chi connectivity index (χ4v) is 2.18. The van der Waals surface area contributed by atoms with E-state index in [9.17, 15) is 0 Å². The lowest BCUT2D eigenvalue weighted by Gasteiger charge is -2.12. The Hall–Kier alpha value is -2.49. The molecule has 4 nitrogen and oxygen atoms in total. The van der Waals surface area contributed by atoms with Gasteiger partial charge in [0, 0.05) is 0 Å². The molecule has 0 radical (unpaired) electrons. The summed E-state index contributed by atoms with van der Waals surface area (Å²) in [6, 6.07) is 11.6. The minimum absolute atomic E-state index is 0.0137. The molecule has 0 amide bonds. The van der Waals surface area contributed by atoms with Crippen molar-refractivity contribution in [1.82, 2.24) is 0 Å². The molecule has 0 aliphatic rings. The van der Waals surface area contributed by atoms with Crippen LogP contribution in [0.15, 0.2) is 36.4 Å². The van der Waals surface area contributed by atoms with E-state index in [4.69, 9.17) is 20.6 Å². The van der Waals surface area contributed by atoms with Crippen molar-refractivity contribution in [3.8, 4) is 11.5 Å². The number of hydrogen-bond acceptors (Lipinski definition) is 3. The number of nitrogens with one attached hydrogen (secondary N) is 1. The topological polar surface area (TPSA) is 68.3 Å². The minimum Gasteiger partial charge on any atom is -0.496 e. The van der Waals surface area contributed by atoms with Crippen molar-refractivity contribution in [3.05, 3.63) is 58.7 Å². The Bertz CT molecular complexity index is 666. The van der Waals surface area contributed by atoms with Gasteiger partial charge in [0.1, 0.15) is 23.9 Å². The second-order valence-electron chi connectivity index (χ2n) is 5.01. The van der Waals surface area contributed by atoms with Gasteiger partial charge in [-0.3, -0.25) is 5.41 Å². The van der Waals surface area contributed by atoms with Gasteiger partial charge < -0.3 is 15.2 Å². The highest BCUT2D eigenvalue weighted by Crippen LogP contribution is 2.23. The third-order valence-corrected chi connectivity index (χ3v) is 3.28. The van der Waals surface area contributed by atoms with E-state index in [0.29, 0.717) is 17.9 Å². The maximum Gasteiger partial charge on any atom is 0.129 e. The van der Waals surface area contributed by atoms with Gasteiger partial charge in [-0.15, -0.1) is 0 Å². The number of nitrogens with two attached hydrogens (primary N) is 1. The predicted molar refractivity (Wildman–Crippen MR) is 84.3 cm³/mol. The van der Waals surface area contributed by atoms with E-state index in [0.717, 1.165) is 16.9 Å². The van der Waals surface area contributed by atoms with Gasteiger partial charge in [-0.05, 0) is 43.2 Å². The third kappa shape index (κ3) is 3.54. The molecule has 0 aliphatic heterocycles. The average molecular weight is 284 g/mol. The number of methoxy groups -OCH3 is 1. The van der Waals surface area contributed by atoms with Gasteiger partial charge in [0.2, 0.25) is 0 Å². The number of nitrogen functional groups attached to an aromatic ring is 1. The summed E-state index contributed by atoms with van der Waals surface area (Å²) in [4.78, 5) is 0. The van der Waals surface area contributed by atoms with Crippen molar-refractivity contribution < 1.29 is 9.47 Å². The molecule has 3 N–H and O–H groups in total. The standard InChI is InChI=1S/C17H20N2O2/c1-11-4-6-15(12(2)8-11)21-10-13-5-7-16(20-3)14(9-13)17(18)19/h4-9H,10H2,1-3H3,(H3,18,19). The molecule has 0 bridgehead atoms. The van der Waals surface area contributed by atoms with E-state index >= 15 is 0 Å². The van der Waals surface area contributed by atoms with Gasteiger partial charge in [0.25, 0.3) is 0 Å². The van der Waals surface area contributed by atoms with Crippen LogP contribution in [0.25, 0.3) is 0 Å². The molecule has 2 aromatic carbocycles. The lowest BCUT2D eigenvalue weighted by atomic mass is 10.1. The number of ether oxygens (including phenoxy) is 2. The molecule has 0 fully saturated rings. The summed E-state index contributed by atoms with van der Waals surface area (Å²) in [5, 5.41) is 7.59. The van der Waals surface area contributed by atoms with Crippen LogP contribution in [-0.4, -0.2) is 12.9 Å². The second kappa shape index (κ2) is 6.31. The predicted octanol–water partition coefficient (Wildman–Crippen LogP) is 3.18. The zero-order valence-corrected chi connectivity index (χ0v) is 12.6. The summed E-state index contributed by atoms with van der Waals surface area (Å²) in [6.07, 6.45) is 0. The molecule has 0 aromatic heterocycles. The van der Waals surface area contributed by atoms with Crippen molar-refractivity contribution in [1.29, 1.82) is 5.41 Å². The van der Waals surface area contributed by atoms with Crippen molar-refractivity contribution in [2.75, 3.05) is 7.11 Å². The Morgan fingerprint density at radius 1 is 1.10 bits per heavy atom. The van der Waals surface area contributed by atoms with E-state index in [1.54, 1.807) is 13.2 Å². The van der Waals surface area contributed by atoms with Crippen LogP contribution in [0.3, 0.4) is 0 Å². The maximum atomic E-state index is 7.59. The van der Waals surface area contributed by atoms with Gasteiger partial charge in [0.05, 0.1) is 12.7 Å². The molecule has 4 heteroatoms. The SMILES string of the molecule is COc1ccc(COc2ccc(C)cc2C)cc1C(=N)N. The molecule has 0 heterocycles. The Balaban J connectivity index is 2.16. The Morgan fingerprint density at radius 2 is 1.81 bits per heavy atom. The lowest BCUT2D eigenvalue weighted by molar-refractivity contribution is 0.303. The Kier molecular flexibility index (Phi) is 4.48. The molecule has 2 rings (SSSR count). The van der Waals surface area contributed by atoms with Crippen molar-refractivity contribution in [2.45, 2.75) is 20.5 Å². The van der Waals surface area contributed by atoms with Crippen LogP contribution in [0.4, 0.5) is 0 Å². The van der Waals surface area contributed by atoms with Gasteiger partial charge in [-0.1, -0.05) is 23.8 Å². The quantitative estimate of drug-likeness (QED) is 0.654. The first-order valence-corrected chi connectivity index (χ1v) is 6.72. The van der Waals surface area contributed by atoms with Gasteiger partial charge in [0.15, 0.2) is 0 Å². The highest BCUT2D eigenvalue weighted by Gasteiger charge is 2.08. The smallest absolute Gasteiger partial charge is 0.129 e. The maximum absolute atomic E-state index is 7.59. The van der Waals surface area contributed by atoms with E-state index < -0.39 is 0 Å². The van der Waals surface area contributed by atoms with Gasteiger partial charge >= 0.3 is 0 Å². The zero-order valence-electron chi connectivity index (χ0n) is 12.6. The summed E-state index contributed by atoms with van der Waals surface area (Å²) in [6.45, 7) is 4.50. The molecule has 0 saturated carbocycles. The third-order valence-electron chi connectivity index (χ3n) is 3.28. The van der Waals surface area contributed by atoms with Crippen LogP contribution >= 0.6 is 0 Å². The lowest BCUT2D eigenvalue weighted by Crippen LogP contribution is -2.13. The number of benzene rings is 2. The fourth-order valence-electron chi connectivity index (χ4n) is 2.18. The molecule has 21 heavy (non-hydrogen) atoms. The molecule has 2 aromatic rings. The largest absolute Gasteiger partial charge is 0.496 e. The van der Waals surface area contributed by atoms with E-state index in [2.05, 4.69) is 13.0 Å². The van der Waals surface area contributed by atoms with Crippen molar-refractivity contribution >= 4 is 5.84 Å². The molecular formula is C17H20N2O2. The van der Waals surface area contributed by atoms with Crippen LogP contribution in [0.1, 0.15) is 22.3 Å². The van der Waals surface area contributed by atoms with Crippen molar-refractivity contribution in [2.24, 2.45) is 5.73 Å². The second-order valence-corrected chi connectivity index (χ2v) is 5.01. The Labute approximate surface area is 125 Å². The molecule has 0 unspecified atom stereocenters.